The van der Waals surface area contributed by atoms with E-state index >= 15 is 0 Å². The molecule has 10 heteroatoms. The number of ether oxygens (including phenoxy) is 1. The van der Waals surface area contributed by atoms with Crippen LogP contribution in [0.5, 0.6) is 5.75 Å². The Morgan fingerprint density at radius 3 is 2.97 bits per heavy atom. The molecule has 0 saturated heterocycles. The molecule has 0 radical (unpaired) electrons. The first-order valence-corrected chi connectivity index (χ1v) is 10.3. The molecule has 0 atom stereocenters. The van der Waals surface area contributed by atoms with Crippen LogP contribution in [0.15, 0.2) is 53.1 Å². The van der Waals surface area contributed by atoms with E-state index in [1.807, 2.05) is 30.3 Å². The molecule has 1 aromatic carbocycles. The van der Waals surface area contributed by atoms with Crippen LogP contribution in [0.1, 0.15) is 15.3 Å². The summed E-state index contributed by atoms with van der Waals surface area (Å²) in [5.41, 5.74) is 6.31. The van der Waals surface area contributed by atoms with Crippen LogP contribution in [0, 0.1) is 11.8 Å². The monoisotopic (exact) mass is 443 g/mol. The van der Waals surface area contributed by atoms with Crippen LogP contribution in [0.4, 0.5) is 14.5 Å². The van der Waals surface area contributed by atoms with E-state index in [-0.39, 0.29) is 25.2 Å². The van der Waals surface area contributed by atoms with Crippen LogP contribution in [0.2, 0.25) is 0 Å². The summed E-state index contributed by atoms with van der Waals surface area (Å²) >= 11 is 1.46. The Morgan fingerprint density at radius 2 is 2.16 bits per heavy atom. The first kappa shape index (κ1) is 20.8. The number of aromatic nitrogens is 3. The lowest BCUT2D eigenvalue weighted by Crippen LogP contribution is -2.27. The van der Waals surface area contributed by atoms with Crippen molar-refractivity contribution < 1.29 is 13.5 Å². The highest BCUT2D eigenvalue weighted by molar-refractivity contribution is 7.12. The van der Waals surface area contributed by atoms with Crippen LogP contribution >= 0.6 is 11.3 Å². The summed E-state index contributed by atoms with van der Waals surface area (Å²) in [5, 5.41) is 7.18. The first-order chi connectivity index (χ1) is 15.0. The summed E-state index contributed by atoms with van der Waals surface area (Å²) < 4.78 is 33.5. The molecular formula is C21H19F2N5O2S. The molecule has 1 aliphatic rings. The molecule has 4 rings (SSSR count). The van der Waals surface area contributed by atoms with Crippen molar-refractivity contribution in [3.8, 4) is 17.6 Å². The Morgan fingerprint density at radius 1 is 1.29 bits per heavy atom. The zero-order chi connectivity index (χ0) is 21.8. The largest absolute Gasteiger partial charge is 0.490 e. The van der Waals surface area contributed by atoms with Crippen LogP contribution in [0.3, 0.4) is 0 Å². The highest BCUT2D eigenvalue weighted by Gasteiger charge is 2.12. The van der Waals surface area contributed by atoms with Gasteiger partial charge in [-0.25, -0.2) is 9.48 Å². The molecule has 3 heterocycles. The number of thiophene rings is 1. The summed E-state index contributed by atoms with van der Waals surface area (Å²) in [6, 6.07) is 9.53. The Kier molecular flexibility index (Phi) is 6.16. The predicted molar refractivity (Wildman–Crippen MR) is 115 cm³/mol. The fraction of sp³-hybridized carbons (Fsp3) is 0.238. The van der Waals surface area contributed by atoms with Gasteiger partial charge in [-0.15, -0.1) is 11.3 Å². The SMILES string of the molecule is NCC(Cn1ncn(Cc2ccc(C#Cc3ccc4c(c3)NCCO4)s2)c1=O)=C(F)F. The molecule has 160 valence electrons. The third-order valence-corrected chi connectivity index (χ3v) is 5.61. The van der Waals surface area contributed by atoms with Gasteiger partial charge in [-0.2, -0.15) is 13.9 Å². The van der Waals surface area contributed by atoms with E-state index in [1.165, 1.54) is 22.2 Å². The minimum atomic E-state index is -1.88. The third-order valence-electron chi connectivity index (χ3n) is 4.62. The number of hydrogen-bond donors (Lipinski definition) is 2. The van der Waals surface area contributed by atoms with E-state index in [0.717, 1.165) is 38.0 Å². The summed E-state index contributed by atoms with van der Waals surface area (Å²) in [4.78, 5) is 14.2. The van der Waals surface area contributed by atoms with Crippen LogP contribution in [0.25, 0.3) is 0 Å². The molecule has 0 saturated carbocycles. The molecule has 3 aromatic rings. The second-order valence-corrected chi connectivity index (χ2v) is 7.94. The lowest BCUT2D eigenvalue weighted by Gasteiger charge is -2.18. The number of nitrogens with two attached hydrogens (primary N) is 1. The van der Waals surface area contributed by atoms with Crippen LogP contribution in [-0.2, 0) is 13.1 Å². The van der Waals surface area contributed by atoms with Crippen molar-refractivity contribution in [1.82, 2.24) is 14.3 Å². The summed E-state index contributed by atoms with van der Waals surface area (Å²) in [6.07, 6.45) is -0.549. The number of benzene rings is 1. The Balaban J connectivity index is 1.46. The number of hydrogen-bond acceptors (Lipinski definition) is 6. The van der Waals surface area contributed by atoms with Crippen molar-refractivity contribution in [2.45, 2.75) is 13.1 Å². The van der Waals surface area contributed by atoms with Crippen molar-refractivity contribution in [2.75, 3.05) is 25.0 Å². The molecule has 3 N–H and O–H groups in total. The highest BCUT2D eigenvalue weighted by Crippen LogP contribution is 2.27. The van der Waals surface area contributed by atoms with Gasteiger partial charge in [0.2, 0.25) is 0 Å². The Labute approximate surface area is 180 Å². The zero-order valence-electron chi connectivity index (χ0n) is 16.4. The molecule has 0 unspecified atom stereocenters. The molecule has 0 fully saturated rings. The second-order valence-electron chi connectivity index (χ2n) is 6.77. The number of halogens is 2. The van der Waals surface area contributed by atoms with Gasteiger partial charge < -0.3 is 15.8 Å². The quantitative estimate of drug-likeness (QED) is 0.592. The molecule has 7 nitrogen and oxygen atoms in total. The van der Waals surface area contributed by atoms with E-state index in [9.17, 15) is 13.6 Å². The van der Waals surface area contributed by atoms with Gasteiger partial charge in [0, 0.05) is 29.1 Å². The van der Waals surface area contributed by atoms with Gasteiger partial charge in [0.1, 0.15) is 18.7 Å². The van der Waals surface area contributed by atoms with E-state index in [4.69, 9.17) is 10.5 Å². The number of fused-ring (bicyclic) bond motifs is 1. The van der Waals surface area contributed by atoms with Gasteiger partial charge in [0.05, 0.1) is 23.7 Å². The topological polar surface area (TPSA) is 87.1 Å². The van der Waals surface area contributed by atoms with Gasteiger partial charge in [-0.3, -0.25) is 4.57 Å². The van der Waals surface area contributed by atoms with Gasteiger partial charge in [0.25, 0.3) is 6.08 Å². The molecule has 31 heavy (non-hydrogen) atoms. The van der Waals surface area contributed by atoms with Crippen molar-refractivity contribution in [3.05, 3.63) is 74.1 Å². The average molecular weight is 443 g/mol. The molecule has 0 spiro atoms. The average Bonchev–Trinajstić information content (AvgIpc) is 3.37. The number of nitrogens with one attached hydrogen (secondary N) is 1. The highest BCUT2D eigenvalue weighted by atomic mass is 32.1. The minimum absolute atomic E-state index is 0.283. The van der Waals surface area contributed by atoms with Gasteiger partial charge >= 0.3 is 5.69 Å². The van der Waals surface area contributed by atoms with E-state index in [2.05, 4.69) is 22.3 Å². The minimum Gasteiger partial charge on any atom is -0.490 e. The van der Waals surface area contributed by atoms with Crippen molar-refractivity contribution in [3.63, 3.8) is 0 Å². The first-order valence-electron chi connectivity index (χ1n) is 9.50. The maximum atomic E-state index is 12.8. The standard InChI is InChI=1S/C21H19F2N5O2S/c22-20(23)15(10-24)11-28-21(29)27(13-26-28)12-17-5-4-16(31-17)3-1-14-2-6-19-18(9-14)25-7-8-30-19/h2,4-6,9,13,25H,7-8,10-12,24H2. The number of anilines is 1. The van der Waals surface area contributed by atoms with Gasteiger partial charge in [-0.1, -0.05) is 11.8 Å². The molecule has 0 bridgehead atoms. The molecule has 0 amide bonds. The summed E-state index contributed by atoms with van der Waals surface area (Å²) in [6.45, 7) is 1.04. The van der Waals surface area contributed by atoms with Crippen LogP contribution < -0.4 is 21.5 Å². The van der Waals surface area contributed by atoms with Crippen molar-refractivity contribution >= 4 is 17.0 Å². The molecule has 1 aliphatic heterocycles. The van der Waals surface area contributed by atoms with Crippen molar-refractivity contribution in [2.24, 2.45) is 5.73 Å². The molecular weight excluding hydrogens is 424 g/mol. The fourth-order valence-corrected chi connectivity index (χ4v) is 3.88. The maximum Gasteiger partial charge on any atom is 0.346 e. The van der Waals surface area contributed by atoms with Gasteiger partial charge in [0.15, 0.2) is 0 Å². The third kappa shape index (κ3) is 4.84. The lowest BCUT2D eigenvalue weighted by atomic mass is 10.1. The van der Waals surface area contributed by atoms with E-state index in [0.29, 0.717) is 6.61 Å². The van der Waals surface area contributed by atoms with E-state index in [1.54, 1.807) is 0 Å². The normalized spacial score (nSPS) is 12.2. The van der Waals surface area contributed by atoms with Crippen molar-refractivity contribution in [1.29, 1.82) is 0 Å². The van der Waals surface area contributed by atoms with Crippen LogP contribution in [-0.4, -0.2) is 34.0 Å². The predicted octanol–water partition coefficient (Wildman–Crippen LogP) is 2.47. The molecule has 0 aliphatic carbocycles. The lowest BCUT2D eigenvalue weighted by molar-refractivity contribution is 0.323. The smallest absolute Gasteiger partial charge is 0.346 e. The second kappa shape index (κ2) is 9.16. The number of rotatable bonds is 5. The number of nitrogens with zero attached hydrogens (tertiary/aromatic N) is 3. The zero-order valence-corrected chi connectivity index (χ0v) is 17.2. The fourth-order valence-electron chi connectivity index (χ4n) is 3.02. The Hall–Kier alpha value is -3.42. The van der Waals surface area contributed by atoms with E-state index < -0.39 is 11.8 Å². The summed E-state index contributed by atoms with van der Waals surface area (Å²) in [7, 11) is 0. The van der Waals surface area contributed by atoms with Gasteiger partial charge in [-0.05, 0) is 30.3 Å². The summed E-state index contributed by atoms with van der Waals surface area (Å²) in [5.74, 6) is 7.09. The maximum absolute atomic E-state index is 12.8. The molecule has 2 aromatic heterocycles. The Bertz CT molecular complexity index is 1240.